The maximum atomic E-state index is 12.7. The topological polar surface area (TPSA) is 79.4 Å². The van der Waals surface area contributed by atoms with Crippen LogP contribution in [-0.2, 0) is 26.8 Å². The van der Waals surface area contributed by atoms with Crippen molar-refractivity contribution in [3.8, 4) is 0 Å². The molecule has 1 aliphatic rings. The average Bonchev–Trinajstić information content (AvgIpc) is 2.59. The van der Waals surface area contributed by atoms with Gasteiger partial charge in [-0.2, -0.15) is 4.31 Å². The third-order valence-electron chi connectivity index (χ3n) is 4.75. The lowest BCUT2D eigenvalue weighted by molar-refractivity contribution is -0.128. The second-order valence-electron chi connectivity index (χ2n) is 7.83. The molecule has 7 heteroatoms. The van der Waals surface area contributed by atoms with Crippen molar-refractivity contribution in [2.24, 2.45) is 5.92 Å². The van der Waals surface area contributed by atoms with Crippen molar-refractivity contribution in [1.29, 1.82) is 0 Å². The third-order valence-corrected chi connectivity index (χ3v) is 6.59. The Morgan fingerprint density at radius 1 is 1.15 bits per heavy atom. The Kier molecular flexibility index (Phi) is 5.35. The fourth-order valence-electron chi connectivity index (χ4n) is 2.90. The average molecular weight is 388 g/mol. The Balaban J connectivity index is 1.57. The molecular formula is C20H25N3O3S. The highest BCUT2D eigenvalue weighted by molar-refractivity contribution is 7.89. The minimum atomic E-state index is -3.56. The van der Waals surface area contributed by atoms with Crippen LogP contribution >= 0.6 is 0 Å². The Labute approximate surface area is 160 Å². The third kappa shape index (κ3) is 4.36. The van der Waals surface area contributed by atoms with E-state index >= 15 is 0 Å². The molecule has 1 N–H and O–H groups in total. The number of carbonyl (C=O) groups is 1. The summed E-state index contributed by atoms with van der Waals surface area (Å²) in [5, 5.41) is 2.81. The molecule has 1 aliphatic heterocycles. The molecule has 0 aliphatic carbocycles. The van der Waals surface area contributed by atoms with Crippen LogP contribution in [0.5, 0.6) is 0 Å². The molecule has 6 nitrogen and oxygen atoms in total. The second-order valence-corrected chi connectivity index (χ2v) is 9.77. The van der Waals surface area contributed by atoms with Crippen molar-refractivity contribution in [2.75, 3.05) is 13.1 Å². The van der Waals surface area contributed by atoms with Crippen LogP contribution in [0.15, 0.2) is 53.6 Å². The summed E-state index contributed by atoms with van der Waals surface area (Å²) < 4.78 is 26.8. The Morgan fingerprint density at radius 3 is 2.37 bits per heavy atom. The van der Waals surface area contributed by atoms with Gasteiger partial charge >= 0.3 is 0 Å². The van der Waals surface area contributed by atoms with Crippen LogP contribution in [0.3, 0.4) is 0 Å². The molecule has 27 heavy (non-hydrogen) atoms. The smallest absolute Gasteiger partial charge is 0.243 e. The van der Waals surface area contributed by atoms with Crippen LogP contribution in [-0.4, -0.2) is 36.7 Å². The summed E-state index contributed by atoms with van der Waals surface area (Å²) in [5.41, 5.74) is 1.82. The summed E-state index contributed by atoms with van der Waals surface area (Å²) in [6, 6.07) is 12.5. The zero-order chi connectivity index (χ0) is 19.7. The zero-order valence-corrected chi connectivity index (χ0v) is 16.7. The van der Waals surface area contributed by atoms with E-state index in [1.54, 1.807) is 18.3 Å². The van der Waals surface area contributed by atoms with Gasteiger partial charge in [0.1, 0.15) is 0 Å². The molecule has 1 amide bonds. The molecule has 0 spiro atoms. The van der Waals surface area contributed by atoms with E-state index in [0.717, 1.165) is 11.3 Å². The summed E-state index contributed by atoms with van der Waals surface area (Å²) in [6.07, 6.45) is 1.67. The van der Waals surface area contributed by atoms with Gasteiger partial charge in [0.2, 0.25) is 15.9 Å². The fraction of sp³-hybridized carbons (Fsp3) is 0.400. The van der Waals surface area contributed by atoms with Crippen LogP contribution in [0, 0.1) is 5.92 Å². The summed E-state index contributed by atoms with van der Waals surface area (Å²) in [7, 11) is -3.56. The first-order chi connectivity index (χ1) is 12.7. The monoisotopic (exact) mass is 387 g/mol. The van der Waals surface area contributed by atoms with Gasteiger partial charge in [-0.05, 0) is 35.2 Å². The van der Waals surface area contributed by atoms with Crippen LogP contribution in [0.1, 0.15) is 32.0 Å². The largest absolute Gasteiger partial charge is 0.350 e. The highest BCUT2D eigenvalue weighted by atomic mass is 32.2. The Morgan fingerprint density at radius 2 is 1.81 bits per heavy atom. The number of pyridine rings is 1. The molecule has 144 valence electrons. The molecule has 1 aromatic heterocycles. The Hall–Kier alpha value is -2.25. The summed E-state index contributed by atoms with van der Waals surface area (Å²) in [4.78, 5) is 16.6. The maximum Gasteiger partial charge on any atom is 0.243 e. The number of sulfonamides is 1. The summed E-state index contributed by atoms with van der Waals surface area (Å²) in [5.74, 6) is -0.465. The number of rotatable bonds is 5. The number of carbonyl (C=O) groups excluding carboxylic acids is 1. The molecule has 0 atom stereocenters. The van der Waals surface area contributed by atoms with Crippen LogP contribution in [0.4, 0.5) is 0 Å². The van der Waals surface area contributed by atoms with Crippen LogP contribution in [0.2, 0.25) is 0 Å². The standard InChI is InChI=1S/C20H25N3O3S/c1-20(2,3)16-7-9-18(10-8-16)27(25,26)23-13-15(14-23)19(24)22-12-17-6-4-5-11-21-17/h4-11,15H,12-14H2,1-3H3,(H,22,24). The predicted octanol–water partition coefficient (Wildman–Crippen LogP) is 2.32. The molecule has 1 aromatic carbocycles. The van der Waals surface area contributed by atoms with Crippen molar-refractivity contribution >= 4 is 15.9 Å². The molecule has 0 radical (unpaired) electrons. The van der Waals surface area contributed by atoms with E-state index < -0.39 is 10.0 Å². The number of nitrogens with zero attached hydrogens (tertiary/aromatic N) is 2. The van der Waals surface area contributed by atoms with Gasteiger partial charge in [-0.25, -0.2) is 8.42 Å². The lowest BCUT2D eigenvalue weighted by Gasteiger charge is -2.37. The summed E-state index contributed by atoms with van der Waals surface area (Å²) in [6.45, 7) is 7.01. The van der Waals surface area contributed by atoms with E-state index in [4.69, 9.17) is 0 Å². The Bertz CT molecular complexity index is 898. The van der Waals surface area contributed by atoms with Crippen LogP contribution in [0.25, 0.3) is 0 Å². The van der Waals surface area contributed by atoms with Gasteiger partial charge < -0.3 is 5.32 Å². The number of hydrogen-bond acceptors (Lipinski definition) is 4. The van der Waals surface area contributed by atoms with Crippen molar-refractivity contribution in [3.05, 3.63) is 59.9 Å². The van der Waals surface area contributed by atoms with E-state index in [1.807, 2.05) is 30.3 Å². The molecule has 3 rings (SSSR count). The van der Waals surface area contributed by atoms with Gasteiger partial charge in [-0.15, -0.1) is 0 Å². The number of amides is 1. The molecule has 2 heterocycles. The van der Waals surface area contributed by atoms with Crippen molar-refractivity contribution < 1.29 is 13.2 Å². The van der Waals surface area contributed by atoms with Crippen LogP contribution < -0.4 is 5.32 Å². The van der Waals surface area contributed by atoms with E-state index in [2.05, 4.69) is 31.1 Å². The minimum Gasteiger partial charge on any atom is -0.350 e. The SMILES string of the molecule is CC(C)(C)c1ccc(S(=O)(=O)N2CC(C(=O)NCc3ccccn3)C2)cc1. The fourth-order valence-corrected chi connectivity index (χ4v) is 4.43. The number of hydrogen-bond donors (Lipinski definition) is 1. The first-order valence-electron chi connectivity index (χ1n) is 8.96. The molecule has 0 saturated carbocycles. The van der Waals surface area contributed by atoms with E-state index in [0.29, 0.717) is 6.54 Å². The van der Waals surface area contributed by atoms with Gasteiger partial charge in [-0.1, -0.05) is 39.0 Å². The van der Waals surface area contributed by atoms with Gasteiger partial charge in [0, 0.05) is 19.3 Å². The lowest BCUT2D eigenvalue weighted by Crippen LogP contribution is -2.55. The normalized spacial score (nSPS) is 16.0. The van der Waals surface area contributed by atoms with E-state index in [9.17, 15) is 13.2 Å². The molecule has 0 unspecified atom stereocenters. The highest BCUT2D eigenvalue weighted by Crippen LogP contribution is 2.28. The lowest BCUT2D eigenvalue weighted by atomic mass is 9.87. The van der Waals surface area contributed by atoms with Crippen molar-refractivity contribution in [1.82, 2.24) is 14.6 Å². The van der Waals surface area contributed by atoms with Gasteiger partial charge in [0.05, 0.1) is 23.1 Å². The molecule has 2 aromatic rings. The first kappa shape index (κ1) is 19.5. The molecule has 0 bridgehead atoms. The highest BCUT2D eigenvalue weighted by Gasteiger charge is 2.40. The maximum absolute atomic E-state index is 12.7. The van der Waals surface area contributed by atoms with Gasteiger partial charge in [0.25, 0.3) is 0 Å². The number of aromatic nitrogens is 1. The van der Waals surface area contributed by atoms with Crippen molar-refractivity contribution in [3.63, 3.8) is 0 Å². The quantitative estimate of drug-likeness (QED) is 0.854. The number of benzene rings is 1. The van der Waals surface area contributed by atoms with Gasteiger partial charge in [-0.3, -0.25) is 9.78 Å². The number of nitrogens with one attached hydrogen (secondary N) is 1. The second kappa shape index (κ2) is 7.40. The molecule has 1 fully saturated rings. The van der Waals surface area contributed by atoms with Gasteiger partial charge in [0.15, 0.2) is 0 Å². The molecular weight excluding hydrogens is 362 g/mol. The van der Waals surface area contributed by atoms with E-state index in [-0.39, 0.29) is 35.2 Å². The molecule has 1 saturated heterocycles. The summed E-state index contributed by atoms with van der Waals surface area (Å²) >= 11 is 0. The minimum absolute atomic E-state index is 0.0319. The predicted molar refractivity (Wildman–Crippen MR) is 103 cm³/mol. The van der Waals surface area contributed by atoms with E-state index in [1.165, 1.54) is 4.31 Å². The first-order valence-corrected chi connectivity index (χ1v) is 10.4. The zero-order valence-electron chi connectivity index (χ0n) is 15.8. The van der Waals surface area contributed by atoms with Crippen molar-refractivity contribution in [2.45, 2.75) is 37.6 Å².